The van der Waals surface area contributed by atoms with Crippen molar-refractivity contribution in [2.75, 3.05) is 6.61 Å². The number of rotatable bonds is 6. The lowest BCUT2D eigenvalue weighted by Crippen LogP contribution is -2.04. The van der Waals surface area contributed by atoms with Gasteiger partial charge in [0, 0.05) is 35.6 Å². The summed E-state index contributed by atoms with van der Waals surface area (Å²) in [7, 11) is 0. The third-order valence-electron chi connectivity index (χ3n) is 3.57. The van der Waals surface area contributed by atoms with Crippen molar-refractivity contribution < 1.29 is 9.72 Å². The Kier molecular flexibility index (Phi) is 5.41. The fourth-order valence-electron chi connectivity index (χ4n) is 2.32. The Bertz CT molecular complexity index is 862. The largest absolute Gasteiger partial charge is 0.478 e. The maximum Gasteiger partial charge on any atom is 0.263 e. The lowest BCUT2D eigenvalue weighted by atomic mass is 10.2. The van der Waals surface area contributed by atoms with Crippen LogP contribution in [0.25, 0.3) is 11.3 Å². The van der Waals surface area contributed by atoms with Crippen molar-refractivity contribution in [1.82, 2.24) is 15.0 Å². The predicted octanol–water partition coefficient (Wildman–Crippen LogP) is 3.00. The lowest BCUT2D eigenvalue weighted by molar-refractivity contribution is -0.367. The highest BCUT2D eigenvalue weighted by atomic mass is 16.5. The molecule has 6 heteroatoms. The standard InChI is InChI=1S/C19H19N5O/c1-3-25-19-15(5-4-9-21-19)8-10-20-18-11-17(23-13-24-18)16-7-6-14(2)22-12-16/h4-7,9-13H,3,8H2,1-2H3/p+1. The van der Waals surface area contributed by atoms with Crippen LogP contribution in [0, 0.1) is 6.92 Å². The average Bonchev–Trinajstić information content (AvgIpc) is 2.64. The van der Waals surface area contributed by atoms with Gasteiger partial charge in [0.15, 0.2) is 5.69 Å². The first kappa shape index (κ1) is 16.7. The van der Waals surface area contributed by atoms with Gasteiger partial charge in [0.05, 0.1) is 18.9 Å². The van der Waals surface area contributed by atoms with E-state index in [0.717, 1.165) is 28.3 Å². The highest BCUT2D eigenvalue weighted by molar-refractivity contribution is 5.67. The van der Waals surface area contributed by atoms with E-state index < -0.39 is 0 Å². The summed E-state index contributed by atoms with van der Waals surface area (Å²) in [5.74, 6) is 1.38. The van der Waals surface area contributed by atoms with Crippen LogP contribution in [0.3, 0.4) is 0 Å². The van der Waals surface area contributed by atoms with E-state index in [1.807, 2.05) is 56.6 Å². The van der Waals surface area contributed by atoms with Crippen molar-refractivity contribution in [2.45, 2.75) is 20.3 Å². The van der Waals surface area contributed by atoms with Crippen molar-refractivity contribution in [3.63, 3.8) is 0 Å². The normalized spacial score (nSPS) is 11.0. The van der Waals surface area contributed by atoms with Gasteiger partial charge in [-0.1, -0.05) is 6.07 Å². The monoisotopic (exact) mass is 334 g/mol. The fraction of sp³-hybridized carbons (Fsp3) is 0.211. The minimum Gasteiger partial charge on any atom is -0.478 e. The fourth-order valence-corrected chi connectivity index (χ4v) is 2.32. The van der Waals surface area contributed by atoms with Crippen LogP contribution in [0.4, 0.5) is 5.82 Å². The van der Waals surface area contributed by atoms with Crippen LogP contribution < -0.4 is 9.72 Å². The molecule has 0 amide bonds. The Hall–Kier alpha value is -3.15. The summed E-state index contributed by atoms with van der Waals surface area (Å²) < 4.78 is 5.53. The van der Waals surface area contributed by atoms with Gasteiger partial charge < -0.3 is 4.74 Å². The van der Waals surface area contributed by atoms with Crippen LogP contribution in [0.5, 0.6) is 5.88 Å². The summed E-state index contributed by atoms with van der Waals surface area (Å²) in [4.78, 5) is 20.4. The van der Waals surface area contributed by atoms with Gasteiger partial charge in [-0.2, -0.15) is 0 Å². The van der Waals surface area contributed by atoms with Gasteiger partial charge in [-0.05, 0) is 32.0 Å². The first-order valence-electron chi connectivity index (χ1n) is 8.16. The van der Waals surface area contributed by atoms with Gasteiger partial charge >= 0.3 is 0 Å². The minimum absolute atomic E-state index is 0.591. The molecule has 3 aromatic heterocycles. The number of hydrogen-bond donors (Lipinski definition) is 0. The zero-order valence-corrected chi connectivity index (χ0v) is 14.3. The summed E-state index contributed by atoms with van der Waals surface area (Å²) in [6, 6.07) is 9.75. The highest BCUT2D eigenvalue weighted by Gasteiger charge is 2.08. The second kappa shape index (κ2) is 8.10. The van der Waals surface area contributed by atoms with E-state index in [1.54, 1.807) is 12.5 Å². The number of aromatic amines is 1. The third kappa shape index (κ3) is 4.44. The lowest BCUT2D eigenvalue weighted by Gasteiger charge is -2.05. The Balaban J connectivity index is 1.74. The van der Waals surface area contributed by atoms with E-state index >= 15 is 0 Å². The molecule has 0 radical (unpaired) electrons. The van der Waals surface area contributed by atoms with Crippen LogP contribution >= 0.6 is 0 Å². The number of ether oxygens (including phenoxy) is 1. The smallest absolute Gasteiger partial charge is 0.263 e. The number of nitrogens with one attached hydrogen (secondary N) is 1. The van der Waals surface area contributed by atoms with Gasteiger partial charge in [-0.3, -0.25) is 4.98 Å². The van der Waals surface area contributed by atoms with Crippen molar-refractivity contribution in [3.05, 3.63) is 60.3 Å². The maximum atomic E-state index is 5.53. The quantitative estimate of drug-likeness (QED) is 0.650. The van der Waals surface area contributed by atoms with Gasteiger partial charge in [0.2, 0.25) is 12.2 Å². The molecular formula is C19H20N5O+. The Morgan fingerprint density at radius 1 is 1.20 bits per heavy atom. The SMILES string of the molecule is CCOc1ncccc1CC=Nc1cc(-c2ccc(C)nc2)nc[nH+]1. The topological polar surface area (TPSA) is 74.4 Å². The van der Waals surface area contributed by atoms with E-state index in [4.69, 9.17) is 4.74 Å². The van der Waals surface area contributed by atoms with Crippen molar-refractivity contribution in [3.8, 4) is 17.1 Å². The van der Waals surface area contributed by atoms with E-state index in [0.29, 0.717) is 18.9 Å². The van der Waals surface area contributed by atoms with Gasteiger partial charge in [0.1, 0.15) is 0 Å². The van der Waals surface area contributed by atoms with E-state index in [2.05, 4.69) is 24.9 Å². The molecule has 0 saturated heterocycles. The number of nitrogens with zero attached hydrogens (tertiary/aromatic N) is 4. The molecule has 1 N–H and O–H groups in total. The van der Waals surface area contributed by atoms with Gasteiger partial charge in [-0.15, -0.1) is 9.98 Å². The molecule has 0 aliphatic carbocycles. The summed E-state index contributed by atoms with van der Waals surface area (Å²) in [6.07, 6.45) is 7.65. The molecule has 3 rings (SSSR count). The number of hydrogen-bond acceptors (Lipinski definition) is 5. The first-order valence-corrected chi connectivity index (χ1v) is 8.16. The van der Waals surface area contributed by atoms with Crippen molar-refractivity contribution in [1.29, 1.82) is 0 Å². The molecule has 126 valence electrons. The molecule has 3 heterocycles. The molecule has 0 saturated carbocycles. The number of aromatic nitrogens is 4. The van der Waals surface area contributed by atoms with Crippen molar-refractivity contribution >= 4 is 12.0 Å². The molecule has 6 nitrogen and oxygen atoms in total. The number of pyridine rings is 2. The molecule has 0 spiro atoms. The Morgan fingerprint density at radius 3 is 2.92 bits per heavy atom. The summed E-state index contributed by atoms with van der Waals surface area (Å²) in [5, 5.41) is 0. The second-order valence-electron chi connectivity index (χ2n) is 5.42. The van der Waals surface area contributed by atoms with Crippen LogP contribution in [0.15, 0.2) is 54.0 Å². The number of aryl methyl sites for hydroxylation is 1. The Labute approximate surface area is 146 Å². The second-order valence-corrected chi connectivity index (χ2v) is 5.42. The molecule has 0 aromatic carbocycles. The maximum absolute atomic E-state index is 5.53. The van der Waals surface area contributed by atoms with Gasteiger partial charge in [0.25, 0.3) is 5.82 Å². The highest BCUT2D eigenvalue weighted by Crippen LogP contribution is 2.18. The number of aliphatic imine (C=N–C) groups is 1. The zero-order valence-electron chi connectivity index (χ0n) is 14.3. The summed E-state index contributed by atoms with van der Waals surface area (Å²) in [6.45, 7) is 4.49. The van der Waals surface area contributed by atoms with E-state index in [1.165, 1.54) is 0 Å². The minimum atomic E-state index is 0.591. The first-order chi connectivity index (χ1) is 12.3. The third-order valence-corrected chi connectivity index (χ3v) is 3.57. The molecule has 0 bridgehead atoms. The molecule has 3 aromatic rings. The van der Waals surface area contributed by atoms with E-state index in [-0.39, 0.29) is 0 Å². The predicted molar refractivity (Wildman–Crippen MR) is 96.0 cm³/mol. The number of H-pyrrole nitrogens is 1. The van der Waals surface area contributed by atoms with Crippen LogP contribution in [-0.2, 0) is 6.42 Å². The van der Waals surface area contributed by atoms with Crippen LogP contribution in [-0.4, -0.2) is 27.8 Å². The molecule has 0 unspecified atom stereocenters. The molecule has 25 heavy (non-hydrogen) atoms. The molecular weight excluding hydrogens is 314 g/mol. The van der Waals surface area contributed by atoms with Crippen LogP contribution in [0.2, 0.25) is 0 Å². The Morgan fingerprint density at radius 2 is 2.12 bits per heavy atom. The zero-order chi connectivity index (χ0) is 17.5. The van der Waals surface area contributed by atoms with Crippen molar-refractivity contribution in [2.24, 2.45) is 4.99 Å². The molecule has 0 aliphatic rings. The summed E-state index contributed by atoms with van der Waals surface area (Å²) in [5.41, 5.74) is 3.77. The van der Waals surface area contributed by atoms with Crippen LogP contribution in [0.1, 0.15) is 18.2 Å². The van der Waals surface area contributed by atoms with Gasteiger partial charge in [-0.25, -0.2) is 9.97 Å². The van der Waals surface area contributed by atoms with E-state index in [9.17, 15) is 0 Å². The summed E-state index contributed by atoms with van der Waals surface area (Å²) >= 11 is 0. The molecule has 0 aliphatic heterocycles. The average molecular weight is 334 g/mol. The molecule has 0 atom stereocenters. The molecule has 0 fully saturated rings.